The summed E-state index contributed by atoms with van der Waals surface area (Å²) in [5.74, 6) is 0.328. The van der Waals surface area contributed by atoms with Crippen molar-refractivity contribution in [2.24, 2.45) is 0 Å². The van der Waals surface area contributed by atoms with Crippen LogP contribution in [-0.4, -0.2) is 34.0 Å². The summed E-state index contributed by atoms with van der Waals surface area (Å²) in [7, 11) is -3.96. The van der Waals surface area contributed by atoms with Gasteiger partial charge in [0, 0.05) is 5.39 Å². The van der Waals surface area contributed by atoms with Gasteiger partial charge in [-0.05, 0) is 61.5 Å². The summed E-state index contributed by atoms with van der Waals surface area (Å²) < 4.78 is 34.3. The molecule has 0 spiro atoms. The molecule has 36 heavy (non-hydrogen) atoms. The topological polar surface area (TPSA) is 75.7 Å². The number of carbonyl (C=O) groups is 1. The molecule has 0 heterocycles. The number of carbonyl (C=O) groups excluding carboxylic acids is 1. The number of nitrogens with zero attached hydrogens (tertiary/aromatic N) is 1. The van der Waals surface area contributed by atoms with Gasteiger partial charge in [0.15, 0.2) is 0 Å². The number of hydrogen-bond acceptors (Lipinski definition) is 4. The van der Waals surface area contributed by atoms with Crippen molar-refractivity contribution in [3.8, 4) is 5.75 Å². The maximum atomic E-state index is 13.6. The van der Waals surface area contributed by atoms with Crippen molar-refractivity contribution >= 4 is 32.4 Å². The van der Waals surface area contributed by atoms with Crippen molar-refractivity contribution in [3.05, 3.63) is 102 Å². The number of nitrogens with one attached hydrogen (secondary N) is 1. The fourth-order valence-corrected chi connectivity index (χ4v) is 5.48. The Morgan fingerprint density at radius 3 is 2.33 bits per heavy atom. The number of ether oxygens (including phenoxy) is 1. The Kier molecular flexibility index (Phi) is 7.60. The number of aryl methyl sites for hydroxylation is 2. The zero-order valence-corrected chi connectivity index (χ0v) is 21.5. The van der Waals surface area contributed by atoms with Gasteiger partial charge in [-0.15, -0.1) is 0 Å². The van der Waals surface area contributed by atoms with Crippen LogP contribution in [0.3, 0.4) is 0 Å². The molecule has 1 amide bonds. The van der Waals surface area contributed by atoms with Crippen LogP contribution in [0.2, 0.25) is 0 Å². The average molecular weight is 503 g/mol. The van der Waals surface area contributed by atoms with Gasteiger partial charge in [-0.2, -0.15) is 0 Å². The lowest BCUT2D eigenvalue weighted by Crippen LogP contribution is -2.42. The smallest absolute Gasteiger partial charge is 0.264 e. The molecule has 6 nitrogen and oxygen atoms in total. The number of anilines is 1. The first kappa shape index (κ1) is 25.3. The predicted molar refractivity (Wildman–Crippen MR) is 144 cm³/mol. The first-order chi connectivity index (χ1) is 17.3. The molecule has 4 aromatic rings. The van der Waals surface area contributed by atoms with E-state index in [9.17, 15) is 13.2 Å². The van der Waals surface area contributed by atoms with Gasteiger partial charge >= 0.3 is 0 Å². The lowest BCUT2D eigenvalue weighted by molar-refractivity contribution is -0.119. The van der Waals surface area contributed by atoms with E-state index in [1.165, 1.54) is 4.31 Å². The van der Waals surface area contributed by atoms with E-state index in [4.69, 9.17) is 4.74 Å². The minimum atomic E-state index is -3.96. The standard InChI is InChI=1S/C29H30N2O4S/c1-21-14-16-25(17-15-21)36(33,34)31(27-12-6-8-22(2)23(27)3)20-29(32)30-18-19-35-28-13-7-10-24-9-4-5-11-26(24)28/h4-17H,18-20H2,1-3H3,(H,30,32). The summed E-state index contributed by atoms with van der Waals surface area (Å²) in [5, 5.41) is 4.87. The Hall–Kier alpha value is -3.84. The summed E-state index contributed by atoms with van der Waals surface area (Å²) in [4.78, 5) is 13.0. The quantitative estimate of drug-likeness (QED) is 0.321. The molecule has 4 aromatic carbocycles. The van der Waals surface area contributed by atoms with Gasteiger partial charge in [0.05, 0.1) is 17.1 Å². The molecule has 0 unspecified atom stereocenters. The number of fused-ring (bicyclic) bond motifs is 1. The van der Waals surface area contributed by atoms with Crippen molar-refractivity contribution in [2.45, 2.75) is 25.7 Å². The van der Waals surface area contributed by atoms with Gasteiger partial charge in [-0.25, -0.2) is 8.42 Å². The normalized spacial score (nSPS) is 11.3. The van der Waals surface area contributed by atoms with E-state index in [1.807, 2.05) is 69.3 Å². The fraction of sp³-hybridized carbons (Fsp3) is 0.207. The van der Waals surface area contributed by atoms with E-state index in [0.717, 1.165) is 33.2 Å². The minimum Gasteiger partial charge on any atom is -0.491 e. The molecule has 4 rings (SSSR count). The molecule has 0 saturated carbocycles. The zero-order chi connectivity index (χ0) is 25.7. The maximum Gasteiger partial charge on any atom is 0.264 e. The molecule has 7 heteroatoms. The second-order valence-electron chi connectivity index (χ2n) is 8.72. The fourth-order valence-electron chi connectivity index (χ4n) is 4.00. The Balaban J connectivity index is 1.48. The molecule has 1 N–H and O–H groups in total. The van der Waals surface area contributed by atoms with Crippen LogP contribution >= 0.6 is 0 Å². The largest absolute Gasteiger partial charge is 0.491 e. The van der Waals surface area contributed by atoms with Crippen LogP contribution in [0.4, 0.5) is 5.69 Å². The molecule has 186 valence electrons. The number of sulfonamides is 1. The van der Waals surface area contributed by atoms with Crippen LogP contribution in [0.5, 0.6) is 5.75 Å². The highest BCUT2D eigenvalue weighted by Crippen LogP contribution is 2.29. The molecule has 0 saturated heterocycles. The van der Waals surface area contributed by atoms with Gasteiger partial charge in [-0.3, -0.25) is 9.10 Å². The summed E-state index contributed by atoms with van der Waals surface area (Å²) in [6.07, 6.45) is 0. The first-order valence-corrected chi connectivity index (χ1v) is 13.2. The van der Waals surface area contributed by atoms with E-state index in [0.29, 0.717) is 5.69 Å². The van der Waals surface area contributed by atoms with Crippen LogP contribution in [-0.2, 0) is 14.8 Å². The van der Waals surface area contributed by atoms with Gasteiger partial charge in [0.2, 0.25) is 5.91 Å². The molecule has 0 aliphatic heterocycles. The molecule has 0 radical (unpaired) electrons. The van der Waals surface area contributed by atoms with Crippen molar-refractivity contribution < 1.29 is 17.9 Å². The Morgan fingerprint density at radius 1 is 0.861 bits per heavy atom. The highest BCUT2D eigenvalue weighted by atomic mass is 32.2. The van der Waals surface area contributed by atoms with Crippen LogP contribution in [0.15, 0.2) is 89.8 Å². The highest BCUT2D eigenvalue weighted by Gasteiger charge is 2.28. The van der Waals surface area contributed by atoms with Gasteiger partial charge < -0.3 is 10.1 Å². The molecule has 0 aliphatic rings. The van der Waals surface area contributed by atoms with E-state index in [-0.39, 0.29) is 24.6 Å². The van der Waals surface area contributed by atoms with E-state index < -0.39 is 15.9 Å². The maximum absolute atomic E-state index is 13.6. The van der Waals surface area contributed by atoms with Crippen molar-refractivity contribution in [1.82, 2.24) is 5.32 Å². The van der Waals surface area contributed by atoms with E-state index >= 15 is 0 Å². The Morgan fingerprint density at radius 2 is 1.56 bits per heavy atom. The van der Waals surface area contributed by atoms with Crippen LogP contribution in [0.25, 0.3) is 10.8 Å². The average Bonchev–Trinajstić information content (AvgIpc) is 2.87. The highest BCUT2D eigenvalue weighted by molar-refractivity contribution is 7.92. The first-order valence-electron chi connectivity index (χ1n) is 11.8. The van der Waals surface area contributed by atoms with E-state index in [2.05, 4.69) is 5.32 Å². The van der Waals surface area contributed by atoms with E-state index in [1.54, 1.807) is 36.4 Å². The summed E-state index contributed by atoms with van der Waals surface area (Å²) >= 11 is 0. The summed E-state index contributed by atoms with van der Waals surface area (Å²) in [6, 6.07) is 25.8. The van der Waals surface area contributed by atoms with Gasteiger partial charge in [0.25, 0.3) is 10.0 Å². The molecule has 0 fully saturated rings. The molecular formula is C29H30N2O4S. The monoisotopic (exact) mass is 502 g/mol. The predicted octanol–water partition coefficient (Wildman–Crippen LogP) is 5.16. The van der Waals surface area contributed by atoms with Crippen LogP contribution in [0, 0.1) is 20.8 Å². The molecule has 0 aliphatic carbocycles. The minimum absolute atomic E-state index is 0.140. The second kappa shape index (κ2) is 10.8. The molecule has 0 atom stereocenters. The Labute approximate surface area is 212 Å². The summed E-state index contributed by atoms with van der Waals surface area (Å²) in [6.45, 7) is 5.83. The lowest BCUT2D eigenvalue weighted by atomic mass is 10.1. The summed E-state index contributed by atoms with van der Waals surface area (Å²) in [5.41, 5.74) is 3.19. The molecular weight excluding hydrogens is 472 g/mol. The van der Waals surface area contributed by atoms with Gasteiger partial charge in [0.1, 0.15) is 18.9 Å². The number of hydrogen-bond donors (Lipinski definition) is 1. The van der Waals surface area contributed by atoms with Crippen molar-refractivity contribution in [3.63, 3.8) is 0 Å². The van der Waals surface area contributed by atoms with Crippen LogP contribution < -0.4 is 14.4 Å². The van der Waals surface area contributed by atoms with Gasteiger partial charge in [-0.1, -0.05) is 66.2 Å². The van der Waals surface area contributed by atoms with Crippen molar-refractivity contribution in [1.29, 1.82) is 0 Å². The number of benzene rings is 4. The third kappa shape index (κ3) is 5.52. The number of rotatable bonds is 9. The zero-order valence-electron chi connectivity index (χ0n) is 20.7. The third-order valence-corrected chi connectivity index (χ3v) is 7.95. The third-order valence-electron chi connectivity index (χ3n) is 6.17. The Bertz CT molecular complexity index is 1480. The SMILES string of the molecule is Cc1ccc(S(=O)(=O)N(CC(=O)NCCOc2cccc3ccccc23)c2cccc(C)c2C)cc1. The molecule has 0 bridgehead atoms. The van der Waals surface area contributed by atoms with Crippen molar-refractivity contribution in [2.75, 3.05) is 24.0 Å². The number of amides is 1. The van der Waals surface area contributed by atoms with Crippen LogP contribution in [0.1, 0.15) is 16.7 Å². The lowest BCUT2D eigenvalue weighted by Gasteiger charge is -2.26. The molecule has 0 aromatic heterocycles. The second-order valence-corrected chi connectivity index (χ2v) is 10.6.